The summed E-state index contributed by atoms with van der Waals surface area (Å²) in [5, 5.41) is 1.09. The molecule has 182 valence electrons. The molecule has 0 N–H and O–H groups in total. The topological polar surface area (TPSA) is 45.2 Å². The Bertz CT molecular complexity index is 1510. The lowest BCUT2D eigenvalue weighted by atomic mass is 9.87. The molecule has 1 saturated heterocycles. The zero-order valence-corrected chi connectivity index (χ0v) is 21.9. The molecule has 0 saturated carbocycles. The molecular formula is C30H31N5S. The highest BCUT2D eigenvalue weighted by atomic mass is 32.1. The summed E-state index contributed by atoms with van der Waals surface area (Å²) in [6.45, 7) is 11.5. The van der Waals surface area contributed by atoms with Crippen molar-refractivity contribution in [1.29, 1.82) is 0 Å². The summed E-state index contributed by atoms with van der Waals surface area (Å²) >= 11 is 1.78. The van der Waals surface area contributed by atoms with E-state index in [0.717, 1.165) is 60.0 Å². The Labute approximate surface area is 216 Å². The fourth-order valence-electron chi connectivity index (χ4n) is 4.87. The van der Waals surface area contributed by atoms with Gasteiger partial charge in [0.15, 0.2) is 0 Å². The standard InChI is InChI=1S/C30H31N5S/c1-30(2,3)22-13-11-21(12-14-22)29-33-28-26(9-6-10-27(28)36-29)35-17-15-34(16-18-35)20-23-19-31-24-7-4-5-8-25(24)32-23/h4-14,19H,15-18,20H2,1-3H3. The fourth-order valence-corrected chi connectivity index (χ4v) is 5.87. The maximum Gasteiger partial charge on any atom is 0.124 e. The first-order chi connectivity index (χ1) is 17.4. The summed E-state index contributed by atoms with van der Waals surface area (Å²) in [7, 11) is 0. The van der Waals surface area contributed by atoms with Crippen molar-refractivity contribution in [3.63, 3.8) is 0 Å². The third-order valence-electron chi connectivity index (χ3n) is 6.99. The van der Waals surface area contributed by atoms with Crippen LogP contribution in [-0.2, 0) is 12.0 Å². The fraction of sp³-hybridized carbons (Fsp3) is 0.300. The van der Waals surface area contributed by atoms with Crippen LogP contribution in [-0.4, -0.2) is 46.0 Å². The second kappa shape index (κ2) is 9.26. The van der Waals surface area contributed by atoms with Crippen LogP contribution >= 0.6 is 11.3 Å². The third-order valence-corrected chi connectivity index (χ3v) is 8.06. The molecule has 3 heterocycles. The first-order valence-electron chi connectivity index (χ1n) is 12.6. The Balaban J connectivity index is 1.17. The van der Waals surface area contributed by atoms with Gasteiger partial charge in [-0.15, -0.1) is 11.3 Å². The number of hydrogen-bond acceptors (Lipinski definition) is 6. The summed E-state index contributed by atoms with van der Waals surface area (Å²) < 4.78 is 1.25. The van der Waals surface area contributed by atoms with Gasteiger partial charge in [0, 0.05) is 38.3 Å². The van der Waals surface area contributed by atoms with E-state index in [1.165, 1.54) is 21.5 Å². The van der Waals surface area contributed by atoms with Crippen molar-refractivity contribution in [2.24, 2.45) is 0 Å². The normalized spacial score (nSPS) is 15.1. The van der Waals surface area contributed by atoms with E-state index >= 15 is 0 Å². The van der Waals surface area contributed by atoms with Crippen molar-refractivity contribution in [2.75, 3.05) is 31.1 Å². The smallest absolute Gasteiger partial charge is 0.124 e. The minimum atomic E-state index is 0.155. The zero-order chi connectivity index (χ0) is 24.7. The number of benzene rings is 3. The number of fused-ring (bicyclic) bond motifs is 2. The molecule has 0 amide bonds. The Morgan fingerprint density at radius 2 is 1.56 bits per heavy atom. The lowest BCUT2D eigenvalue weighted by Gasteiger charge is -2.36. The van der Waals surface area contributed by atoms with Crippen LogP contribution in [0.4, 0.5) is 5.69 Å². The number of nitrogens with zero attached hydrogens (tertiary/aromatic N) is 5. The van der Waals surface area contributed by atoms with Gasteiger partial charge in [0.1, 0.15) is 10.5 Å². The van der Waals surface area contributed by atoms with E-state index in [1.54, 1.807) is 11.3 Å². The average Bonchev–Trinajstić information content (AvgIpc) is 3.33. The molecule has 6 rings (SSSR count). The number of anilines is 1. The van der Waals surface area contributed by atoms with E-state index in [-0.39, 0.29) is 5.41 Å². The molecule has 0 aliphatic carbocycles. The molecule has 0 atom stereocenters. The van der Waals surface area contributed by atoms with Crippen molar-refractivity contribution in [3.05, 3.63) is 84.2 Å². The lowest BCUT2D eigenvalue weighted by Crippen LogP contribution is -2.46. The predicted molar refractivity (Wildman–Crippen MR) is 151 cm³/mol. The van der Waals surface area contributed by atoms with Gasteiger partial charge in [-0.3, -0.25) is 9.88 Å². The highest BCUT2D eigenvalue weighted by Gasteiger charge is 2.21. The Morgan fingerprint density at radius 1 is 0.806 bits per heavy atom. The highest BCUT2D eigenvalue weighted by molar-refractivity contribution is 7.21. The Morgan fingerprint density at radius 3 is 2.31 bits per heavy atom. The molecule has 0 bridgehead atoms. The molecule has 1 fully saturated rings. The minimum Gasteiger partial charge on any atom is -0.367 e. The molecular weight excluding hydrogens is 462 g/mol. The van der Waals surface area contributed by atoms with Gasteiger partial charge in [-0.05, 0) is 35.2 Å². The number of thiazole rings is 1. The SMILES string of the molecule is CC(C)(C)c1ccc(-c2nc3c(N4CCN(Cc5cnc6ccccc6n5)CC4)cccc3s2)cc1. The van der Waals surface area contributed by atoms with Crippen LogP contribution in [0.5, 0.6) is 0 Å². The summed E-state index contributed by atoms with van der Waals surface area (Å²) in [5.74, 6) is 0. The Hall–Kier alpha value is -3.35. The molecule has 1 aliphatic heterocycles. The first-order valence-corrected chi connectivity index (χ1v) is 13.4. The molecule has 2 aromatic heterocycles. The maximum atomic E-state index is 5.11. The summed E-state index contributed by atoms with van der Waals surface area (Å²) in [5.41, 5.74) is 8.00. The van der Waals surface area contributed by atoms with Gasteiger partial charge in [0.2, 0.25) is 0 Å². The van der Waals surface area contributed by atoms with Crippen molar-refractivity contribution in [2.45, 2.75) is 32.7 Å². The number of rotatable bonds is 4. The van der Waals surface area contributed by atoms with Crippen LogP contribution < -0.4 is 4.90 Å². The van der Waals surface area contributed by atoms with Gasteiger partial charge in [-0.25, -0.2) is 9.97 Å². The second-order valence-corrected chi connectivity index (χ2v) is 11.6. The van der Waals surface area contributed by atoms with E-state index in [0.29, 0.717) is 0 Å². The first kappa shape index (κ1) is 23.1. The van der Waals surface area contributed by atoms with E-state index in [1.807, 2.05) is 30.5 Å². The van der Waals surface area contributed by atoms with Gasteiger partial charge in [-0.1, -0.05) is 63.2 Å². The van der Waals surface area contributed by atoms with Crippen LogP contribution in [0, 0.1) is 0 Å². The van der Waals surface area contributed by atoms with Crippen molar-refractivity contribution < 1.29 is 0 Å². The molecule has 3 aromatic carbocycles. The second-order valence-electron chi connectivity index (χ2n) is 10.6. The Kier molecular flexibility index (Phi) is 5.94. The largest absolute Gasteiger partial charge is 0.367 e. The van der Waals surface area contributed by atoms with Crippen molar-refractivity contribution in [3.8, 4) is 10.6 Å². The molecule has 0 unspecified atom stereocenters. The number of para-hydroxylation sites is 3. The molecule has 5 nitrogen and oxygen atoms in total. The van der Waals surface area contributed by atoms with Gasteiger partial charge in [0.25, 0.3) is 0 Å². The van der Waals surface area contributed by atoms with E-state index < -0.39 is 0 Å². The van der Waals surface area contributed by atoms with Crippen LogP contribution in [0.15, 0.2) is 72.9 Å². The number of aromatic nitrogens is 3. The zero-order valence-electron chi connectivity index (χ0n) is 21.1. The highest BCUT2D eigenvalue weighted by Crippen LogP contribution is 2.36. The minimum absolute atomic E-state index is 0.155. The summed E-state index contributed by atoms with van der Waals surface area (Å²) in [6, 6.07) is 23.6. The molecule has 36 heavy (non-hydrogen) atoms. The molecule has 5 aromatic rings. The van der Waals surface area contributed by atoms with Crippen LogP contribution in [0.2, 0.25) is 0 Å². The quantitative estimate of drug-likeness (QED) is 0.285. The molecule has 6 heteroatoms. The molecule has 1 aliphatic rings. The predicted octanol–water partition coefficient (Wildman–Crippen LogP) is 6.53. The van der Waals surface area contributed by atoms with Crippen LogP contribution in [0.25, 0.3) is 31.8 Å². The van der Waals surface area contributed by atoms with Crippen molar-refractivity contribution >= 4 is 38.3 Å². The average molecular weight is 494 g/mol. The van der Waals surface area contributed by atoms with Gasteiger partial charge in [-0.2, -0.15) is 0 Å². The molecule has 0 spiro atoms. The van der Waals surface area contributed by atoms with E-state index in [9.17, 15) is 0 Å². The monoisotopic (exact) mass is 493 g/mol. The lowest BCUT2D eigenvalue weighted by molar-refractivity contribution is 0.247. The van der Waals surface area contributed by atoms with Crippen LogP contribution in [0.3, 0.4) is 0 Å². The number of piperazine rings is 1. The van der Waals surface area contributed by atoms with Gasteiger partial charge in [0.05, 0.1) is 33.3 Å². The summed E-state index contributed by atoms with van der Waals surface area (Å²) in [4.78, 5) is 19.5. The molecule has 0 radical (unpaired) electrons. The van der Waals surface area contributed by atoms with Gasteiger partial charge < -0.3 is 4.90 Å². The van der Waals surface area contributed by atoms with E-state index in [4.69, 9.17) is 9.97 Å². The third kappa shape index (κ3) is 4.59. The summed E-state index contributed by atoms with van der Waals surface area (Å²) in [6.07, 6.45) is 1.92. The van der Waals surface area contributed by atoms with Crippen molar-refractivity contribution in [1.82, 2.24) is 19.9 Å². The van der Waals surface area contributed by atoms with Gasteiger partial charge >= 0.3 is 0 Å². The van der Waals surface area contributed by atoms with E-state index in [2.05, 4.69) is 78.0 Å². The maximum absolute atomic E-state index is 5.11. The number of hydrogen-bond donors (Lipinski definition) is 0. The van der Waals surface area contributed by atoms with Crippen LogP contribution in [0.1, 0.15) is 32.0 Å².